The zero-order valence-corrected chi connectivity index (χ0v) is 39.6. The summed E-state index contributed by atoms with van der Waals surface area (Å²) in [6.07, 6.45) is 17.5. The Morgan fingerprint density at radius 2 is 0.597 bits per heavy atom. The van der Waals surface area contributed by atoms with Crippen molar-refractivity contribution in [2.24, 2.45) is 0 Å². The summed E-state index contributed by atoms with van der Waals surface area (Å²) in [6.45, 7) is 0. The molecule has 0 radical (unpaired) electrons. The molecule has 6 aromatic carbocycles. The van der Waals surface area contributed by atoms with Gasteiger partial charge in [0, 0.05) is 70.6 Å². The molecule has 12 heteroatoms. The van der Waals surface area contributed by atoms with Crippen molar-refractivity contribution in [1.82, 2.24) is 39.9 Å². The third kappa shape index (κ3) is 7.77. The lowest BCUT2D eigenvalue weighted by Crippen LogP contribution is -1.94. The fourth-order valence-electron chi connectivity index (χ4n) is 9.68. The first-order valence-electron chi connectivity index (χ1n) is 23.0. The number of oxazole rings is 2. The summed E-state index contributed by atoms with van der Waals surface area (Å²) >= 11 is 3.27. The summed E-state index contributed by atoms with van der Waals surface area (Å²) in [5.41, 5.74) is 15.9. The van der Waals surface area contributed by atoms with E-state index in [2.05, 4.69) is 141 Å². The second kappa shape index (κ2) is 18.5. The topological polar surface area (TPSA) is 129 Å². The lowest BCUT2D eigenvalue weighted by atomic mass is 9.88. The first-order chi connectivity index (χ1) is 35.7. The van der Waals surface area contributed by atoms with Crippen molar-refractivity contribution in [2.45, 2.75) is 0 Å². The van der Waals surface area contributed by atoms with Gasteiger partial charge in [-0.15, -0.1) is 22.7 Å². The van der Waals surface area contributed by atoms with Gasteiger partial charge < -0.3 is 8.83 Å². The minimum Gasteiger partial charge on any atom is -0.444 e. The van der Waals surface area contributed by atoms with E-state index in [-0.39, 0.29) is 0 Å². The SMILES string of the molecule is c1ccc2c(-c3cc(-c4cnco4)ccn3)c3ccccc3c(-c3cc(-c4cnco4)ccn3)c2c1.c1ccc2c(-c3cc(-c4cncs4)ccn3)c3ccccc3c(-c3cc(-c4cncs4)ccn3)c2c1. The molecule has 10 nitrogen and oxygen atoms in total. The first-order valence-corrected chi connectivity index (χ1v) is 24.8. The first kappa shape index (κ1) is 42.7. The highest BCUT2D eigenvalue weighted by molar-refractivity contribution is 7.13. The number of nitrogens with zero attached hydrogens (tertiary/aromatic N) is 8. The summed E-state index contributed by atoms with van der Waals surface area (Å²) < 4.78 is 11.1. The average Bonchev–Trinajstić information content (AvgIpc) is 4.32. The lowest BCUT2D eigenvalue weighted by molar-refractivity contribution is 0.571. The highest BCUT2D eigenvalue weighted by Gasteiger charge is 2.21. The smallest absolute Gasteiger partial charge is 0.181 e. The monoisotopic (exact) mass is 964 g/mol. The summed E-state index contributed by atoms with van der Waals surface area (Å²) in [4.78, 5) is 38.1. The minimum absolute atomic E-state index is 0.706. The Balaban J connectivity index is 0.000000140. The zero-order chi connectivity index (χ0) is 47.8. The number of aromatic nitrogens is 8. The Hall–Kier alpha value is -9.36. The van der Waals surface area contributed by atoms with Gasteiger partial charge in [0.05, 0.1) is 55.9 Å². The van der Waals surface area contributed by atoms with Crippen LogP contribution in [0.25, 0.3) is 132 Å². The Morgan fingerprint density at radius 1 is 0.306 bits per heavy atom. The number of hydrogen-bond donors (Lipinski definition) is 0. The van der Waals surface area contributed by atoms with Crippen molar-refractivity contribution in [3.63, 3.8) is 0 Å². The molecule has 0 spiro atoms. The standard InChI is InChI=1S/C30H18N4O2.C30H18N4S2/c2*1-2-6-22-21(5-1)29(25-13-19(9-11-33-25)27-15-31-17-35-27)23-7-3-4-8-24(23)30(22)26-14-20(10-12-34-26)28-16-32-18-36-28/h2*1-18H. The molecule has 0 unspecified atom stereocenters. The van der Waals surface area contributed by atoms with Gasteiger partial charge in [-0.3, -0.25) is 29.9 Å². The fourth-order valence-corrected chi connectivity index (χ4v) is 10.9. The zero-order valence-electron chi connectivity index (χ0n) is 38.0. The maximum atomic E-state index is 5.54. The Morgan fingerprint density at radius 3 is 0.861 bits per heavy atom. The highest BCUT2D eigenvalue weighted by atomic mass is 32.1. The number of thiazole rings is 2. The average molecular weight is 965 g/mol. The van der Waals surface area contributed by atoms with Crippen molar-refractivity contribution in [3.8, 4) is 88.6 Å². The molecule has 14 aromatic rings. The largest absolute Gasteiger partial charge is 0.444 e. The number of pyridine rings is 4. The maximum absolute atomic E-state index is 5.54. The number of benzene rings is 6. The highest BCUT2D eigenvalue weighted by Crippen LogP contribution is 2.46. The van der Waals surface area contributed by atoms with E-state index in [0.717, 1.165) is 120 Å². The summed E-state index contributed by atoms with van der Waals surface area (Å²) in [6, 6.07) is 50.3. The molecule has 8 heterocycles. The van der Waals surface area contributed by atoms with Gasteiger partial charge in [0.25, 0.3) is 0 Å². The molecule has 0 atom stereocenters. The van der Waals surface area contributed by atoms with E-state index in [0.29, 0.717) is 11.5 Å². The molecular weight excluding hydrogens is 929 g/mol. The molecule has 0 bridgehead atoms. The Kier molecular flexibility index (Phi) is 11.0. The summed E-state index contributed by atoms with van der Waals surface area (Å²) in [7, 11) is 0. The van der Waals surface area contributed by atoms with Crippen LogP contribution in [0.2, 0.25) is 0 Å². The molecule has 340 valence electrons. The van der Waals surface area contributed by atoms with Crippen LogP contribution >= 0.6 is 22.7 Å². The molecule has 0 saturated carbocycles. The molecule has 14 rings (SSSR count). The lowest BCUT2D eigenvalue weighted by Gasteiger charge is -2.17. The number of hydrogen-bond acceptors (Lipinski definition) is 12. The Labute approximate surface area is 419 Å². The van der Waals surface area contributed by atoms with Gasteiger partial charge in [-0.1, -0.05) is 97.1 Å². The third-order valence-electron chi connectivity index (χ3n) is 12.8. The van der Waals surface area contributed by atoms with Gasteiger partial charge in [-0.05, 0) is 103 Å². The number of fused-ring (bicyclic) bond motifs is 4. The van der Waals surface area contributed by atoms with Crippen LogP contribution in [0.15, 0.2) is 228 Å². The molecule has 0 aliphatic carbocycles. The van der Waals surface area contributed by atoms with Crippen molar-refractivity contribution in [2.75, 3.05) is 0 Å². The number of rotatable bonds is 8. The summed E-state index contributed by atoms with van der Waals surface area (Å²) in [5.74, 6) is 1.41. The van der Waals surface area contributed by atoms with E-state index in [9.17, 15) is 0 Å². The van der Waals surface area contributed by atoms with E-state index in [1.165, 1.54) is 12.8 Å². The Bertz CT molecular complexity index is 3580. The minimum atomic E-state index is 0.706. The van der Waals surface area contributed by atoms with E-state index < -0.39 is 0 Å². The van der Waals surface area contributed by atoms with Gasteiger partial charge in [0.1, 0.15) is 0 Å². The molecule has 0 aliphatic rings. The molecule has 72 heavy (non-hydrogen) atoms. The van der Waals surface area contributed by atoms with Crippen LogP contribution in [0, 0.1) is 0 Å². The van der Waals surface area contributed by atoms with E-state index in [1.807, 2.05) is 72.5 Å². The van der Waals surface area contributed by atoms with E-state index in [1.54, 1.807) is 35.1 Å². The van der Waals surface area contributed by atoms with E-state index in [4.69, 9.17) is 28.8 Å². The maximum Gasteiger partial charge on any atom is 0.181 e. The van der Waals surface area contributed by atoms with Gasteiger partial charge in [-0.2, -0.15) is 0 Å². The normalized spacial score (nSPS) is 11.3. The van der Waals surface area contributed by atoms with Crippen LogP contribution in [0.1, 0.15) is 0 Å². The second-order valence-electron chi connectivity index (χ2n) is 16.9. The van der Waals surface area contributed by atoms with Gasteiger partial charge in [0.2, 0.25) is 0 Å². The molecule has 0 fully saturated rings. The van der Waals surface area contributed by atoms with Crippen LogP contribution in [0.5, 0.6) is 0 Å². The van der Waals surface area contributed by atoms with E-state index >= 15 is 0 Å². The predicted octanol–water partition coefficient (Wildman–Crippen LogP) is 15.8. The fraction of sp³-hybridized carbons (Fsp3) is 0. The van der Waals surface area contributed by atoms with Gasteiger partial charge >= 0.3 is 0 Å². The molecule has 8 aromatic heterocycles. The summed E-state index contributed by atoms with van der Waals surface area (Å²) in [5, 5.41) is 9.02. The quantitative estimate of drug-likeness (QED) is 0.136. The van der Waals surface area contributed by atoms with Gasteiger partial charge in [-0.25, -0.2) is 9.97 Å². The van der Waals surface area contributed by atoms with Crippen LogP contribution in [0.4, 0.5) is 0 Å². The van der Waals surface area contributed by atoms with Gasteiger partial charge in [0.15, 0.2) is 24.3 Å². The molecule has 0 amide bonds. The van der Waals surface area contributed by atoms with Crippen molar-refractivity contribution < 1.29 is 8.83 Å². The van der Waals surface area contributed by atoms with Crippen LogP contribution in [-0.2, 0) is 0 Å². The third-order valence-corrected chi connectivity index (χ3v) is 14.4. The van der Waals surface area contributed by atoms with Crippen molar-refractivity contribution in [1.29, 1.82) is 0 Å². The molecule has 0 saturated heterocycles. The molecule has 0 N–H and O–H groups in total. The second-order valence-corrected chi connectivity index (χ2v) is 18.6. The van der Waals surface area contributed by atoms with Crippen molar-refractivity contribution in [3.05, 3.63) is 219 Å². The molecular formula is C60H36N8O2S2. The molecule has 0 aliphatic heterocycles. The van der Waals surface area contributed by atoms with Crippen LogP contribution in [0.3, 0.4) is 0 Å². The van der Waals surface area contributed by atoms with Crippen molar-refractivity contribution >= 4 is 65.8 Å². The van der Waals surface area contributed by atoms with Crippen LogP contribution in [-0.4, -0.2) is 39.9 Å². The van der Waals surface area contributed by atoms with Crippen LogP contribution < -0.4 is 0 Å². The predicted molar refractivity (Wildman–Crippen MR) is 289 cm³/mol.